The molecule has 1 aromatic heterocycles. The number of alkyl halides is 1. The fourth-order valence-corrected chi connectivity index (χ4v) is 2.87. The smallest absolute Gasteiger partial charge is 0.356 e. The van der Waals surface area contributed by atoms with Crippen LogP contribution in [0.15, 0.2) is 53.5 Å². The number of ether oxygens (including phenoxy) is 2. The largest absolute Gasteiger partial charge is 0.476 e. The molecule has 3 N–H and O–H groups in total. The van der Waals surface area contributed by atoms with Gasteiger partial charge in [-0.1, -0.05) is 0 Å². The predicted octanol–water partition coefficient (Wildman–Crippen LogP) is 3.19. The zero-order valence-electron chi connectivity index (χ0n) is 14.5. The lowest BCUT2D eigenvalue weighted by Crippen LogP contribution is -2.12. The van der Waals surface area contributed by atoms with E-state index in [4.69, 9.17) is 26.8 Å². The molecule has 0 bridgehead atoms. The third kappa shape index (κ3) is 3.37. The standard InChI is InChI=1S/C19H15ClN4O4/c20-9-18(21)22-12-2-4-13(5-3-12)24-15(8-14(23-24)19(25)26)11-1-6-16-17(7-11)28-10-27-16/h1-8H,9-10H2,(H2,21,22)(H,25,26). The second kappa shape index (κ2) is 7.24. The molecule has 0 saturated carbocycles. The van der Waals surface area contributed by atoms with Crippen molar-refractivity contribution < 1.29 is 19.4 Å². The number of benzene rings is 2. The maximum Gasteiger partial charge on any atom is 0.356 e. The SMILES string of the molecule is NC(CCl)=Nc1ccc(-n2nc(C(=O)O)cc2-c2ccc3c(c2)OCO3)cc1. The van der Waals surface area contributed by atoms with Crippen LogP contribution >= 0.6 is 11.6 Å². The van der Waals surface area contributed by atoms with Gasteiger partial charge in [-0.25, -0.2) is 14.5 Å². The van der Waals surface area contributed by atoms with E-state index in [2.05, 4.69) is 10.1 Å². The monoisotopic (exact) mass is 398 g/mol. The Labute approximate surface area is 164 Å². The number of aromatic carboxylic acids is 1. The highest BCUT2D eigenvalue weighted by atomic mass is 35.5. The van der Waals surface area contributed by atoms with Gasteiger partial charge in [0.1, 0.15) is 5.84 Å². The van der Waals surface area contributed by atoms with Crippen LogP contribution in [0.25, 0.3) is 16.9 Å². The lowest BCUT2D eigenvalue weighted by atomic mass is 10.1. The Morgan fingerprint density at radius 2 is 1.93 bits per heavy atom. The third-order valence-corrected chi connectivity index (χ3v) is 4.37. The molecule has 142 valence electrons. The molecule has 0 fully saturated rings. The van der Waals surface area contributed by atoms with Gasteiger partial charge in [-0.2, -0.15) is 5.10 Å². The second-order valence-electron chi connectivity index (χ2n) is 5.95. The number of halogens is 1. The van der Waals surface area contributed by atoms with Crippen molar-refractivity contribution in [2.24, 2.45) is 10.7 Å². The normalized spacial score (nSPS) is 13.0. The average Bonchev–Trinajstić information content (AvgIpc) is 3.35. The summed E-state index contributed by atoms with van der Waals surface area (Å²) in [5.41, 5.74) is 8.24. The van der Waals surface area contributed by atoms with Gasteiger partial charge in [0, 0.05) is 5.56 Å². The fourth-order valence-electron chi connectivity index (χ4n) is 2.81. The zero-order chi connectivity index (χ0) is 19.7. The summed E-state index contributed by atoms with van der Waals surface area (Å²) in [6, 6.07) is 14.0. The van der Waals surface area contributed by atoms with Crippen LogP contribution in [-0.2, 0) is 0 Å². The average molecular weight is 399 g/mol. The number of carbonyl (C=O) groups is 1. The lowest BCUT2D eigenvalue weighted by molar-refractivity contribution is 0.0690. The Morgan fingerprint density at radius 1 is 1.18 bits per heavy atom. The summed E-state index contributed by atoms with van der Waals surface area (Å²) < 4.78 is 12.3. The van der Waals surface area contributed by atoms with E-state index in [1.165, 1.54) is 6.07 Å². The van der Waals surface area contributed by atoms with Gasteiger partial charge in [0.2, 0.25) is 6.79 Å². The summed E-state index contributed by atoms with van der Waals surface area (Å²) >= 11 is 5.65. The van der Waals surface area contributed by atoms with Gasteiger partial charge in [0.15, 0.2) is 17.2 Å². The number of hydrogen-bond acceptors (Lipinski definition) is 5. The van der Waals surface area contributed by atoms with Crippen molar-refractivity contribution in [1.82, 2.24) is 9.78 Å². The van der Waals surface area contributed by atoms with E-state index >= 15 is 0 Å². The molecule has 0 atom stereocenters. The van der Waals surface area contributed by atoms with Crippen LogP contribution in [0.3, 0.4) is 0 Å². The molecule has 0 saturated heterocycles. The molecule has 1 aliphatic heterocycles. The number of rotatable bonds is 5. The van der Waals surface area contributed by atoms with Crippen LogP contribution in [0.5, 0.6) is 11.5 Å². The Morgan fingerprint density at radius 3 is 2.64 bits per heavy atom. The molecule has 2 heterocycles. The van der Waals surface area contributed by atoms with Crippen molar-refractivity contribution in [2.45, 2.75) is 0 Å². The molecular weight excluding hydrogens is 384 g/mol. The highest BCUT2D eigenvalue weighted by Gasteiger charge is 2.19. The van der Waals surface area contributed by atoms with Gasteiger partial charge in [-0.3, -0.25) is 0 Å². The van der Waals surface area contributed by atoms with Crippen LogP contribution in [0, 0.1) is 0 Å². The molecule has 1 aliphatic rings. The molecule has 4 rings (SSSR count). The molecule has 8 nitrogen and oxygen atoms in total. The summed E-state index contributed by atoms with van der Waals surface area (Å²) in [6.45, 7) is 0.159. The highest BCUT2D eigenvalue weighted by molar-refractivity contribution is 6.28. The first-order valence-electron chi connectivity index (χ1n) is 8.28. The first-order valence-corrected chi connectivity index (χ1v) is 8.81. The number of hydrogen-bond donors (Lipinski definition) is 2. The van der Waals surface area contributed by atoms with E-state index < -0.39 is 5.97 Å². The number of nitrogens with two attached hydrogens (primary N) is 1. The molecular formula is C19H15ClN4O4. The molecule has 2 aromatic carbocycles. The minimum absolute atomic E-state index is 0.0684. The molecule has 0 aliphatic carbocycles. The maximum absolute atomic E-state index is 11.5. The summed E-state index contributed by atoms with van der Waals surface area (Å²) in [4.78, 5) is 15.6. The van der Waals surface area contributed by atoms with E-state index in [1.54, 1.807) is 41.1 Å². The lowest BCUT2D eigenvalue weighted by Gasteiger charge is -2.09. The van der Waals surface area contributed by atoms with Crippen molar-refractivity contribution in [1.29, 1.82) is 0 Å². The Balaban J connectivity index is 1.77. The number of amidine groups is 1. The Bertz CT molecular complexity index is 1080. The van der Waals surface area contributed by atoms with Crippen molar-refractivity contribution >= 4 is 29.1 Å². The minimum Gasteiger partial charge on any atom is -0.476 e. The van der Waals surface area contributed by atoms with Gasteiger partial charge in [-0.05, 0) is 48.5 Å². The van der Waals surface area contributed by atoms with Crippen LogP contribution in [0.4, 0.5) is 5.69 Å². The van der Waals surface area contributed by atoms with Crippen LogP contribution in [0.1, 0.15) is 10.5 Å². The van der Waals surface area contributed by atoms with Gasteiger partial charge in [-0.15, -0.1) is 11.6 Å². The number of carboxylic acid groups (broad SMARTS) is 1. The van der Waals surface area contributed by atoms with Gasteiger partial charge in [0.05, 0.1) is 22.9 Å². The minimum atomic E-state index is -1.11. The van der Waals surface area contributed by atoms with E-state index in [1.807, 2.05) is 6.07 Å². The first-order chi connectivity index (χ1) is 13.5. The summed E-state index contributed by atoms with van der Waals surface area (Å²) in [5, 5.41) is 13.6. The van der Waals surface area contributed by atoms with E-state index in [-0.39, 0.29) is 18.4 Å². The summed E-state index contributed by atoms with van der Waals surface area (Å²) in [5.74, 6) is 0.576. The number of aliphatic imine (C=N–C) groups is 1. The molecule has 3 aromatic rings. The molecule has 28 heavy (non-hydrogen) atoms. The molecule has 0 unspecified atom stereocenters. The van der Waals surface area contributed by atoms with Gasteiger partial charge < -0.3 is 20.3 Å². The third-order valence-electron chi connectivity index (χ3n) is 4.10. The quantitative estimate of drug-likeness (QED) is 0.388. The number of carboxylic acids is 1. The molecule has 0 amide bonds. The summed E-state index contributed by atoms with van der Waals surface area (Å²) in [7, 11) is 0. The summed E-state index contributed by atoms with van der Waals surface area (Å²) in [6.07, 6.45) is 0. The number of fused-ring (bicyclic) bond motifs is 1. The van der Waals surface area contributed by atoms with Gasteiger partial charge >= 0.3 is 5.97 Å². The maximum atomic E-state index is 11.5. The molecule has 9 heteroatoms. The Hall–Kier alpha value is -3.52. The zero-order valence-corrected chi connectivity index (χ0v) is 15.3. The second-order valence-corrected chi connectivity index (χ2v) is 6.22. The van der Waals surface area contributed by atoms with E-state index in [9.17, 15) is 9.90 Å². The molecule has 0 radical (unpaired) electrons. The number of aromatic nitrogens is 2. The molecule has 0 spiro atoms. The predicted molar refractivity (Wildman–Crippen MR) is 104 cm³/mol. The van der Waals surface area contributed by atoms with Crippen LogP contribution in [-0.4, -0.2) is 39.4 Å². The van der Waals surface area contributed by atoms with Crippen molar-refractivity contribution in [3.63, 3.8) is 0 Å². The van der Waals surface area contributed by atoms with Crippen molar-refractivity contribution in [2.75, 3.05) is 12.7 Å². The topological polar surface area (TPSA) is 112 Å². The first kappa shape index (κ1) is 17.9. The van der Waals surface area contributed by atoms with Gasteiger partial charge in [0.25, 0.3) is 0 Å². The van der Waals surface area contributed by atoms with E-state index in [0.29, 0.717) is 34.4 Å². The Kier molecular flexibility index (Phi) is 4.62. The van der Waals surface area contributed by atoms with Crippen LogP contribution in [0.2, 0.25) is 0 Å². The fraction of sp³-hybridized carbons (Fsp3) is 0.105. The van der Waals surface area contributed by atoms with E-state index in [0.717, 1.165) is 5.56 Å². The highest BCUT2D eigenvalue weighted by Crippen LogP contribution is 2.36. The number of nitrogens with zero attached hydrogens (tertiary/aromatic N) is 3. The van der Waals surface area contributed by atoms with Crippen molar-refractivity contribution in [3.05, 3.63) is 54.2 Å². The van der Waals surface area contributed by atoms with Crippen LogP contribution < -0.4 is 15.2 Å². The van der Waals surface area contributed by atoms with Crippen molar-refractivity contribution in [3.8, 4) is 28.4 Å².